The third-order valence-corrected chi connectivity index (χ3v) is 2.71. The summed E-state index contributed by atoms with van der Waals surface area (Å²) in [5, 5.41) is 40.8. The van der Waals surface area contributed by atoms with E-state index in [1.54, 1.807) is 0 Å². The molecule has 2 aromatic rings. The fourth-order valence-corrected chi connectivity index (χ4v) is 1.48. The maximum Gasteiger partial charge on any atom is 2.00 e. The number of hydrogen-bond donors (Lipinski definition) is 0. The van der Waals surface area contributed by atoms with Crippen LogP contribution in [0.5, 0.6) is 0 Å². The zero-order chi connectivity index (χ0) is 18.3. The molecule has 0 amide bonds. The Morgan fingerprint density at radius 1 is 0.462 bits per heavy atom. The van der Waals surface area contributed by atoms with E-state index in [2.05, 4.69) is 0 Å². The van der Waals surface area contributed by atoms with Crippen LogP contribution in [0.1, 0.15) is 41.4 Å². The maximum absolute atomic E-state index is 10.2. The molecule has 0 bridgehead atoms. The van der Waals surface area contributed by atoms with Gasteiger partial charge in [-0.25, -0.2) is 0 Å². The van der Waals surface area contributed by atoms with Gasteiger partial charge in [0.2, 0.25) is 0 Å². The van der Waals surface area contributed by atoms with E-state index in [9.17, 15) is 39.6 Å². The van der Waals surface area contributed by atoms with E-state index in [4.69, 9.17) is 0 Å². The molecular weight excluding hydrogens is 482 g/mol. The molecule has 2 rings (SSSR count). The Morgan fingerprint density at radius 2 is 0.577 bits per heavy atom. The van der Waals surface area contributed by atoms with Crippen LogP contribution in [0.25, 0.3) is 0 Å². The van der Waals surface area contributed by atoms with Crippen LogP contribution >= 0.6 is 0 Å². The van der Waals surface area contributed by atoms with Crippen LogP contribution in [0.3, 0.4) is 0 Å². The molecule has 124 valence electrons. The van der Waals surface area contributed by atoms with Gasteiger partial charge in [0.25, 0.3) is 0 Å². The molecule has 0 aromatic heterocycles. The van der Waals surface area contributed by atoms with Crippen molar-refractivity contribution in [3.05, 3.63) is 70.8 Å². The number of aromatic carboxylic acids is 4. The quantitative estimate of drug-likeness (QED) is 0.393. The van der Waals surface area contributed by atoms with Gasteiger partial charge in [-0.05, 0) is 22.3 Å². The van der Waals surface area contributed by atoms with Gasteiger partial charge in [-0.2, -0.15) is 0 Å². The van der Waals surface area contributed by atoms with Crippen LogP contribution in [-0.2, 0) is 0 Å². The summed E-state index contributed by atoms with van der Waals surface area (Å²) < 4.78 is 0. The third-order valence-electron chi connectivity index (χ3n) is 2.71. The topological polar surface area (TPSA) is 161 Å². The molecule has 0 spiro atoms. The average molecular weight is 490 g/mol. The molecule has 0 unspecified atom stereocenters. The smallest absolute Gasteiger partial charge is 0.545 e. The van der Waals surface area contributed by atoms with E-state index in [0.29, 0.717) is 0 Å². The number of carbonyl (C=O) groups excluding carboxylic acids is 4. The largest absolute Gasteiger partial charge is 2.00 e. The van der Waals surface area contributed by atoms with Crippen molar-refractivity contribution in [3.8, 4) is 0 Å². The third kappa shape index (κ3) is 8.85. The van der Waals surface area contributed by atoms with Crippen LogP contribution in [0.2, 0.25) is 0 Å². The fourth-order valence-electron chi connectivity index (χ4n) is 1.48. The molecule has 0 radical (unpaired) electrons. The number of hydrogen-bond acceptors (Lipinski definition) is 8. The summed E-state index contributed by atoms with van der Waals surface area (Å²) >= 11 is 0. The first-order chi connectivity index (χ1) is 11.2. The first-order valence-corrected chi connectivity index (χ1v) is 6.28. The molecule has 2 aromatic carbocycles. The Kier molecular flexibility index (Phi) is 13.4. The van der Waals surface area contributed by atoms with Crippen molar-refractivity contribution in [2.24, 2.45) is 0 Å². The summed E-state index contributed by atoms with van der Waals surface area (Å²) in [5.74, 6) is -5.33. The molecule has 8 nitrogen and oxygen atoms in total. The van der Waals surface area contributed by atoms with E-state index < -0.39 is 23.9 Å². The predicted octanol–water partition coefficient (Wildman–Crippen LogP) is -3.93. The van der Waals surface area contributed by atoms with Gasteiger partial charge in [0.1, 0.15) is 0 Å². The van der Waals surface area contributed by atoms with Crippen molar-refractivity contribution in [2.75, 3.05) is 0 Å². The van der Waals surface area contributed by atoms with E-state index >= 15 is 0 Å². The van der Waals surface area contributed by atoms with Gasteiger partial charge < -0.3 is 39.6 Å². The number of carboxylic acid groups (broad SMARTS) is 4. The molecule has 0 fully saturated rings. The van der Waals surface area contributed by atoms with E-state index in [1.807, 2.05) is 0 Å². The molecule has 0 heterocycles. The predicted molar refractivity (Wildman–Crippen MR) is 81.7 cm³/mol. The van der Waals surface area contributed by atoms with Gasteiger partial charge in [0, 0.05) is 0 Å². The summed E-state index contributed by atoms with van der Waals surface area (Å²) in [6.45, 7) is 0. The molecule has 0 aliphatic rings. The minimum atomic E-state index is -1.33. The SMILES string of the molecule is O=C([O-])c1ccc(C(=O)[O-])cc1.O=C([O-])c1ccc(C(=O)[O-])cc1.[Ba+2].[Mg+2]. The minimum Gasteiger partial charge on any atom is -0.545 e. The van der Waals surface area contributed by atoms with Gasteiger partial charge in [0.15, 0.2) is 0 Å². The molecule has 0 saturated carbocycles. The van der Waals surface area contributed by atoms with Crippen LogP contribution in [-0.4, -0.2) is 95.8 Å². The van der Waals surface area contributed by atoms with Crippen molar-refractivity contribution < 1.29 is 39.6 Å². The summed E-state index contributed by atoms with van der Waals surface area (Å²) in [5.41, 5.74) is -0.222. The molecular formula is C16H8BaMgO8. The second-order valence-corrected chi connectivity index (χ2v) is 4.30. The first-order valence-electron chi connectivity index (χ1n) is 6.28. The molecule has 0 N–H and O–H groups in total. The Hall–Kier alpha value is -1.34. The standard InChI is InChI=1S/2C8H6O4.Ba.Mg/c2*9-7(10)5-1-2-6(4-3-5)8(11)12;;/h2*1-4H,(H,9,10)(H,11,12);;/q;;2*+2/p-4. The van der Waals surface area contributed by atoms with Gasteiger partial charge in [-0.3, -0.25) is 0 Å². The van der Waals surface area contributed by atoms with Gasteiger partial charge in [0.05, 0.1) is 23.9 Å². The van der Waals surface area contributed by atoms with Crippen molar-refractivity contribution in [2.45, 2.75) is 0 Å². The first kappa shape index (κ1) is 26.9. The summed E-state index contributed by atoms with van der Waals surface area (Å²) in [7, 11) is 0. The second-order valence-electron chi connectivity index (χ2n) is 4.30. The fraction of sp³-hybridized carbons (Fsp3) is 0. The van der Waals surface area contributed by atoms with Gasteiger partial charge >= 0.3 is 71.9 Å². The van der Waals surface area contributed by atoms with Crippen molar-refractivity contribution in [1.29, 1.82) is 0 Å². The van der Waals surface area contributed by atoms with Gasteiger partial charge in [-0.15, -0.1) is 0 Å². The molecule has 10 heteroatoms. The molecule has 0 atom stereocenters. The van der Waals surface area contributed by atoms with Crippen LogP contribution < -0.4 is 20.4 Å². The maximum atomic E-state index is 10.2. The van der Waals surface area contributed by atoms with Crippen LogP contribution in [0, 0.1) is 0 Å². The van der Waals surface area contributed by atoms with E-state index in [-0.39, 0.29) is 94.2 Å². The molecule has 26 heavy (non-hydrogen) atoms. The Morgan fingerprint density at radius 3 is 0.654 bits per heavy atom. The summed E-state index contributed by atoms with van der Waals surface area (Å²) in [6.07, 6.45) is 0. The van der Waals surface area contributed by atoms with Crippen LogP contribution in [0.4, 0.5) is 0 Å². The summed E-state index contributed by atoms with van der Waals surface area (Å²) in [4.78, 5) is 40.8. The Balaban J connectivity index is 0. The molecule has 0 saturated heterocycles. The normalized spacial score (nSPS) is 8.62. The number of rotatable bonds is 4. The Bertz CT molecular complexity index is 638. The molecule has 0 aliphatic carbocycles. The molecule has 0 aliphatic heterocycles. The zero-order valence-corrected chi connectivity index (χ0v) is 19.2. The number of carboxylic acids is 4. The number of benzene rings is 2. The minimum absolute atomic E-state index is 0. The van der Waals surface area contributed by atoms with Crippen LogP contribution in [0.15, 0.2) is 48.5 Å². The van der Waals surface area contributed by atoms with Crippen molar-refractivity contribution >= 4 is 95.8 Å². The van der Waals surface area contributed by atoms with Gasteiger partial charge in [-0.1, -0.05) is 48.5 Å². The Labute approximate surface area is 204 Å². The monoisotopic (exact) mass is 490 g/mol. The van der Waals surface area contributed by atoms with Crippen molar-refractivity contribution in [1.82, 2.24) is 0 Å². The second kappa shape index (κ2) is 12.9. The van der Waals surface area contributed by atoms with Crippen molar-refractivity contribution in [3.63, 3.8) is 0 Å². The summed E-state index contributed by atoms with van der Waals surface area (Å²) in [6, 6.07) is 9.23. The average Bonchev–Trinajstić information content (AvgIpc) is 2.55. The number of carbonyl (C=O) groups is 4. The zero-order valence-electron chi connectivity index (χ0n) is 13.3. The van der Waals surface area contributed by atoms with E-state index in [0.717, 1.165) is 48.5 Å². The van der Waals surface area contributed by atoms with E-state index in [1.165, 1.54) is 0 Å².